The normalized spacial score (nSPS) is 19.9. The topological polar surface area (TPSA) is 104 Å². The molecule has 1 heterocycles. The molecule has 1 aromatic rings. The summed E-state index contributed by atoms with van der Waals surface area (Å²) >= 11 is 0. The SMILES string of the molecule is N=C(N)c1cccc2c1CCCC2=NC1=NCCN1N. The lowest BCUT2D eigenvalue weighted by atomic mass is 9.86. The van der Waals surface area contributed by atoms with E-state index in [9.17, 15) is 0 Å². The predicted octanol–water partition coefficient (Wildman–Crippen LogP) is 0.641. The van der Waals surface area contributed by atoms with Crippen LogP contribution < -0.4 is 11.6 Å². The summed E-state index contributed by atoms with van der Waals surface area (Å²) in [7, 11) is 0. The first-order valence-electron chi connectivity index (χ1n) is 6.77. The summed E-state index contributed by atoms with van der Waals surface area (Å²) in [5.41, 5.74) is 9.66. The summed E-state index contributed by atoms with van der Waals surface area (Å²) < 4.78 is 0. The van der Waals surface area contributed by atoms with Crippen molar-refractivity contribution in [2.75, 3.05) is 13.1 Å². The van der Waals surface area contributed by atoms with Gasteiger partial charge < -0.3 is 5.73 Å². The number of amidine groups is 1. The van der Waals surface area contributed by atoms with Crippen molar-refractivity contribution in [2.24, 2.45) is 21.6 Å². The van der Waals surface area contributed by atoms with E-state index in [1.54, 1.807) is 5.01 Å². The number of hydrogen-bond acceptors (Lipinski definition) is 5. The Kier molecular flexibility index (Phi) is 3.23. The fraction of sp³-hybridized carbons (Fsp3) is 0.357. The average molecular weight is 270 g/mol. The van der Waals surface area contributed by atoms with Crippen LogP contribution in [0.1, 0.15) is 29.5 Å². The highest BCUT2D eigenvalue weighted by Crippen LogP contribution is 2.25. The lowest BCUT2D eigenvalue weighted by Crippen LogP contribution is -2.34. The van der Waals surface area contributed by atoms with E-state index in [0.29, 0.717) is 19.0 Å². The molecule has 1 aromatic carbocycles. The van der Waals surface area contributed by atoms with Crippen LogP contribution >= 0.6 is 0 Å². The Labute approximate surface area is 117 Å². The van der Waals surface area contributed by atoms with Gasteiger partial charge in [-0.2, -0.15) is 0 Å². The molecule has 0 bridgehead atoms. The van der Waals surface area contributed by atoms with Crippen LogP contribution in [-0.2, 0) is 6.42 Å². The van der Waals surface area contributed by atoms with E-state index in [1.165, 1.54) is 0 Å². The number of rotatable bonds is 1. The summed E-state index contributed by atoms with van der Waals surface area (Å²) in [6.07, 6.45) is 2.85. The molecule has 0 saturated heterocycles. The Hall–Kier alpha value is -2.21. The molecule has 0 aromatic heterocycles. The van der Waals surface area contributed by atoms with Crippen LogP contribution in [0.15, 0.2) is 28.2 Å². The molecule has 0 amide bonds. The largest absolute Gasteiger partial charge is 0.384 e. The van der Waals surface area contributed by atoms with Crippen molar-refractivity contribution in [2.45, 2.75) is 19.3 Å². The summed E-state index contributed by atoms with van der Waals surface area (Å²) in [6.45, 7) is 1.41. The monoisotopic (exact) mass is 270 g/mol. The van der Waals surface area contributed by atoms with Crippen LogP contribution in [0.25, 0.3) is 0 Å². The van der Waals surface area contributed by atoms with Crippen LogP contribution in [-0.4, -0.2) is 35.6 Å². The van der Waals surface area contributed by atoms with Gasteiger partial charge in [0, 0.05) is 5.56 Å². The highest BCUT2D eigenvalue weighted by atomic mass is 15.5. The van der Waals surface area contributed by atoms with Crippen LogP contribution in [0.4, 0.5) is 0 Å². The smallest absolute Gasteiger partial charge is 0.235 e. The van der Waals surface area contributed by atoms with Crippen molar-refractivity contribution in [3.8, 4) is 0 Å². The van der Waals surface area contributed by atoms with Crippen molar-refractivity contribution < 1.29 is 0 Å². The number of hydrogen-bond donors (Lipinski definition) is 3. The van der Waals surface area contributed by atoms with Gasteiger partial charge in [-0.1, -0.05) is 18.2 Å². The number of aliphatic imine (C=N–C) groups is 2. The van der Waals surface area contributed by atoms with Gasteiger partial charge >= 0.3 is 0 Å². The highest BCUT2D eigenvalue weighted by molar-refractivity contribution is 6.10. The molecule has 0 saturated carbocycles. The maximum Gasteiger partial charge on any atom is 0.235 e. The van der Waals surface area contributed by atoms with Gasteiger partial charge in [-0.15, -0.1) is 0 Å². The molecule has 104 valence electrons. The molecular weight excluding hydrogens is 252 g/mol. The van der Waals surface area contributed by atoms with Crippen molar-refractivity contribution >= 4 is 17.5 Å². The molecule has 0 radical (unpaired) electrons. The first-order valence-corrected chi connectivity index (χ1v) is 6.77. The van der Waals surface area contributed by atoms with E-state index in [2.05, 4.69) is 9.98 Å². The fourth-order valence-corrected chi connectivity index (χ4v) is 2.73. The van der Waals surface area contributed by atoms with Gasteiger partial charge in [0.1, 0.15) is 5.84 Å². The zero-order valence-corrected chi connectivity index (χ0v) is 11.3. The Morgan fingerprint density at radius 2 is 2.20 bits per heavy atom. The van der Waals surface area contributed by atoms with Crippen LogP contribution in [0.3, 0.4) is 0 Å². The highest BCUT2D eigenvalue weighted by Gasteiger charge is 2.21. The second-order valence-corrected chi connectivity index (χ2v) is 5.03. The molecule has 0 spiro atoms. The van der Waals surface area contributed by atoms with Gasteiger partial charge in [0.15, 0.2) is 0 Å². The number of nitrogen functional groups attached to an aromatic ring is 1. The zero-order chi connectivity index (χ0) is 14.1. The van der Waals surface area contributed by atoms with Crippen molar-refractivity contribution in [3.63, 3.8) is 0 Å². The maximum atomic E-state index is 7.68. The minimum Gasteiger partial charge on any atom is -0.384 e. The number of nitrogens with two attached hydrogens (primary N) is 2. The predicted molar refractivity (Wildman–Crippen MR) is 80.1 cm³/mol. The van der Waals surface area contributed by atoms with Crippen molar-refractivity contribution in [1.29, 1.82) is 5.41 Å². The van der Waals surface area contributed by atoms with E-state index in [1.807, 2.05) is 18.2 Å². The first kappa shape index (κ1) is 12.8. The molecule has 3 rings (SSSR count). The lowest BCUT2D eigenvalue weighted by Gasteiger charge is -2.21. The Bertz CT molecular complexity index is 616. The Balaban J connectivity index is 2.04. The second kappa shape index (κ2) is 5.05. The minimum absolute atomic E-state index is 0.113. The number of nitrogens with zero attached hydrogens (tertiary/aromatic N) is 3. The number of nitrogens with one attached hydrogen (secondary N) is 1. The minimum atomic E-state index is 0.113. The molecule has 20 heavy (non-hydrogen) atoms. The van der Waals surface area contributed by atoms with Gasteiger partial charge in [-0.3, -0.25) is 10.4 Å². The number of guanidine groups is 1. The van der Waals surface area contributed by atoms with E-state index < -0.39 is 0 Å². The van der Waals surface area contributed by atoms with Gasteiger partial charge in [0.05, 0.1) is 18.8 Å². The molecular formula is C14H18N6. The van der Waals surface area contributed by atoms with Crippen molar-refractivity contribution in [1.82, 2.24) is 5.01 Å². The Morgan fingerprint density at radius 3 is 2.90 bits per heavy atom. The zero-order valence-electron chi connectivity index (χ0n) is 11.3. The maximum absolute atomic E-state index is 7.68. The third-order valence-electron chi connectivity index (χ3n) is 3.70. The third-order valence-corrected chi connectivity index (χ3v) is 3.70. The lowest BCUT2D eigenvalue weighted by molar-refractivity contribution is 0.479. The second-order valence-electron chi connectivity index (χ2n) is 5.03. The summed E-state index contributed by atoms with van der Waals surface area (Å²) in [6, 6.07) is 5.86. The van der Waals surface area contributed by atoms with E-state index in [-0.39, 0.29) is 5.84 Å². The summed E-state index contributed by atoms with van der Waals surface area (Å²) in [5.74, 6) is 6.55. The van der Waals surface area contributed by atoms with Gasteiger partial charge in [0.2, 0.25) is 5.96 Å². The summed E-state index contributed by atoms with van der Waals surface area (Å²) in [4.78, 5) is 8.92. The fourth-order valence-electron chi connectivity index (χ4n) is 2.73. The molecule has 0 atom stereocenters. The van der Waals surface area contributed by atoms with E-state index in [0.717, 1.165) is 41.7 Å². The standard InChI is InChI=1S/C14H18N6/c15-13(16)11-5-1-4-10-9(11)3-2-6-12(10)19-14-18-7-8-20(14)17/h1,4-5H,2-3,6-8,17H2,(H3,15,16). The number of fused-ring (bicyclic) bond motifs is 1. The van der Waals surface area contributed by atoms with Crippen molar-refractivity contribution in [3.05, 3.63) is 34.9 Å². The molecule has 1 aliphatic carbocycles. The first-order chi connectivity index (χ1) is 9.66. The van der Waals surface area contributed by atoms with Crippen LogP contribution in [0, 0.1) is 5.41 Å². The van der Waals surface area contributed by atoms with E-state index in [4.69, 9.17) is 17.0 Å². The average Bonchev–Trinajstić information content (AvgIpc) is 2.84. The molecule has 0 unspecified atom stereocenters. The Morgan fingerprint density at radius 1 is 1.35 bits per heavy atom. The van der Waals surface area contributed by atoms with Gasteiger partial charge in [-0.25, -0.2) is 15.8 Å². The molecule has 5 N–H and O–H groups in total. The molecule has 2 aliphatic rings. The quantitative estimate of drug-likeness (QED) is 0.396. The molecule has 6 nitrogen and oxygen atoms in total. The number of benzene rings is 1. The summed E-state index contributed by atoms with van der Waals surface area (Å²) in [5, 5.41) is 9.26. The third kappa shape index (κ3) is 2.18. The molecule has 6 heteroatoms. The molecule has 1 aliphatic heterocycles. The number of hydrazine groups is 1. The van der Waals surface area contributed by atoms with Crippen LogP contribution in [0.5, 0.6) is 0 Å². The molecule has 0 fully saturated rings. The van der Waals surface area contributed by atoms with Crippen LogP contribution in [0.2, 0.25) is 0 Å². The van der Waals surface area contributed by atoms with E-state index >= 15 is 0 Å². The van der Waals surface area contributed by atoms with Gasteiger partial charge in [-0.05, 0) is 30.4 Å². The van der Waals surface area contributed by atoms with Gasteiger partial charge in [0.25, 0.3) is 0 Å².